The van der Waals surface area contributed by atoms with Gasteiger partial charge < -0.3 is 21.1 Å². The maximum Gasteiger partial charge on any atom is 0.231 e. The average Bonchev–Trinajstić information content (AvgIpc) is 3.18. The summed E-state index contributed by atoms with van der Waals surface area (Å²) in [7, 11) is 0. The summed E-state index contributed by atoms with van der Waals surface area (Å²) >= 11 is 0. The van der Waals surface area contributed by atoms with E-state index in [9.17, 15) is 5.11 Å². The monoisotopic (exact) mass is 266 g/mol. The van der Waals surface area contributed by atoms with Crippen LogP contribution in [-0.4, -0.2) is 46.3 Å². The van der Waals surface area contributed by atoms with Crippen molar-refractivity contribution in [2.24, 2.45) is 5.41 Å². The summed E-state index contributed by atoms with van der Waals surface area (Å²) in [5.41, 5.74) is 5.73. The zero-order valence-corrected chi connectivity index (χ0v) is 11.6. The zero-order chi connectivity index (χ0) is 13.9. The third-order valence-electron chi connectivity index (χ3n) is 3.60. The third kappa shape index (κ3) is 3.23. The molecular weight excluding hydrogens is 244 g/mol. The van der Waals surface area contributed by atoms with E-state index in [1.807, 2.05) is 18.7 Å². The van der Waals surface area contributed by atoms with Crippen molar-refractivity contribution in [3.63, 3.8) is 0 Å². The van der Waals surface area contributed by atoms with E-state index >= 15 is 0 Å². The maximum absolute atomic E-state index is 9.28. The molecule has 1 saturated carbocycles. The number of nitrogen functional groups attached to an aromatic ring is 1. The minimum absolute atomic E-state index is 0.0107. The number of aliphatic hydroxyl groups excluding tert-OH is 1. The molecular formula is C12H22N6O. The van der Waals surface area contributed by atoms with Crippen LogP contribution in [0, 0.1) is 5.41 Å². The average molecular weight is 266 g/mol. The van der Waals surface area contributed by atoms with E-state index in [1.54, 1.807) is 0 Å². The summed E-state index contributed by atoms with van der Waals surface area (Å²) in [6.45, 7) is 6.59. The van der Waals surface area contributed by atoms with E-state index in [4.69, 9.17) is 5.73 Å². The van der Waals surface area contributed by atoms with Gasteiger partial charge in [0.05, 0.1) is 6.61 Å². The van der Waals surface area contributed by atoms with Gasteiger partial charge in [0.25, 0.3) is 0 Å². The van der Waals surface area contributed by atoms with Crippen molar-refractivity contribution < 1.29 is 5.11 Å². The van der Waals surface area contributed by atoms with Crippen molar-refractivity contribution in [1.29, 1.82) is 0 Å². The molecule has 0 atom stereocenters. The van der Waals surface area contributed by atoms with Crippen molar-refractivity contribution in [3.05, 3.63) is 0 Å². The van der Waals surface area contributed by atoms with E-state index in [0.717, 1.165) is 25.9 Å². The van der Waals surface area contributed by atoms with Crippen LogP contribution in [-0.2, 0) is 0 Å². The van der Waals surface area contributed by atoms with E-state index in [0.29, 0.717) is 18.4 Å². The predicted molar refractivity (Wildman–Crippen MR) is 75.0 cm³/mol. The van der Waals surface area contributed by atoms with E-state index in [1.165, 1.54) is 0 Å². The maximum atomic E-state index is 9.28. The Bertz CT molecular complexity index is 430. The smallest absolute Gasteiger partial charge is 0.231 e. The summed E-state index contributed by atoms with van der Waals surface area (Å²) in [5.74, 6) is 1.29. The second-order valence-electron chi connectivity index (χ2n) is 5.00. The molecule has 1 fully saturated rings. The summed E-state index contributed by atoms with van der Waals surface area (Å²) in [4.78, 5) is 14.6. The van der Waals surface area contributed by atoms with E-state index in [2.05, 4.69) is 20.3 Å². The number of nitrogens with one attached hydrogen (secondary N) is 1. The molecule has 1 heterocycles. The number of hydrogen-bond acceptors (Lipinski definition) is 7. The molecule has 19 heavy (non-hydrogen) atoms. The first-order valence-corrected chi connectivity index (χ1v) is 6.73. The quantitative estimate of drug-likeness (QED) is 0.660. The SMILES string of the molecule is CCN(CC)c1nc(N)nc(NCC2(CO)CC2)n1. The highest BCUT2D eigenvalue weighted by atomic mass is 16.3. The van der Waals surface area contributed by atoms with Gasteiger partial charge in [-0.25, -0.2) is 0 Å². The molecule has 7 heteroatoms. The molecule has 0 aliphatic heterocycles. The number of nitrogens with two attached hydrogens (primary N) is 1. The minimum atomic E-state index is 0.0107. The molecule has 1 aliphatic rings. The fraction of sp³-hybridized carbons (Fsp3) is 0.750. The van der Waals surface area contributed by atoms with Gasteiger partial charge in [0.15, 0.2) is 0 Å². The van der Waals surface area contributed by atoms with Gasteiger partial charge in [-0.2, -0.15) is 15.0 Å². The largest absolute Gasteiger partial charge is 0.396 e. The first kappa shape index (κ1) is 13.8. The lowest BCUT2D eigenvalue weighted by Gasteiger charge is -2.19. The standard InChI is InChI=1S/C12H22N6O/c1-3-18(4-2)11-16-9(13)15-10(17-11)14-7-12(8-19)5-6-12/h19H,3-8H2,1-2H3,(H3,13,14,15,16,17). The second kappa shape index (κ2) is 5.56. The van der Waals surface area contributed by atoms with Crippen LogP contribution in [0.2, 0.25) is 0 Å². The highest BCUT2D eigenvalue weighted by Crippen LogP contribution is 2.44. The number of anilines is 3. The molecule has 0 amide bonds. The zero-order valence-electron chi connectivity index (χ0n) is 11.6. The van der Waals surface area contributed by atoms with Crippen molar-refractivity contribution in [1.82, 2.24) is 15.0 Å². The van der Waals surface area contributed by atoms with Gasteiger partial charge in [0, 0.05) is 25.0 Å². The van der Waals surface area contributed by atoms with Crippen molar-refractivity contribution >= 4 is 17.8 Å². The Kier molecular flexibility index (Phi) is 4.04. The molecule has 0 bridgehead atoms. The van der Waals surface area contributed by atoms with Crippen LogP contribution in [0.4, 0.5) is 17.8 Å². The molecule has 1 aliphatic carbocycles. The lowest BCUT2D eigenvalue weighted by atomic mass is 10.1. The fourth-order valence-corrected chi connectivity index (χ4v) is 1.94. The van der Waals surface area contributed by atoms with Crippen LogP contribution in [0.3, 0.4) is 0 Å². The normalized spacial score (nSPS) is 16.2. The van der Waals surface area contributed by atoms with Gasteiger partial charge >= 0.3 is 0 Å². The Morgan fingerprint density at radius 1 is 1.26 bits per heavy atom. The summed E-state index contributed by atoms with van der Waals surface area (Å²) in [6, 6.07) is 0. The van der Waals surface area contributed by atoms with Crippen LogP contribution in [0.1, 0.15) is 26.7 Å². The van der Waals surface area contributed by atoms with E-state index < -0.39 is 0 Å². The first-order chi connectivity index (χ1) is 9.12. The number of nitrogens with zero attached hydrogens (tertiary/aromatic N) is 4. The predicted octanol–water partition coefficient (Wildman–Crippen LogP) is 0.484. The van der Waals surface area contributed by atoms with E-state index in [-0.39, 0.29) is 18.0 Å². The van der Waals surface area contributed by atoms with Crippen molar-refractivity contribution in [3.8, 4) is 0 Å². The lowest BCUT2D eigenvalue weighted by molar-refractivity contribution is 0.219. The van der Waals surface area contributed by atoms with Crippen LogP contribution in [0.5, 0.6) is 0 Å². The fourth-order valence-electron chi connectivity index (χ4n) is 1.94. The summed E-state index contributed by atoms with van der Waals surface area (Å²) in [6.07, 6.45) is 2.08. The highest BCUT2D eigenvalue weighted by molar-refractivity contribution is 5.42. The summed E-state index contributed by atoms with van der Waals surface area (Å²) < 4.78 is 0. The van der Waals surface area contributed by atoms with Gasteiger partial charge in [-0.1, -0.05) is 0 Å². The van der Waals surface area contributed by atoms with Crippen LogP contribution in [0.25, 0.3) is 0 Å². The Hall–Kier alpha value is -1.63. The van der Waals surface area contributed by atoms with Crippen molar-refractivity contribution in [2.75, 3.05) is 42.2 Å². The minimum Gasteiger partial charge on any atom is -0.396 e. The van der Waals surface area contributed by atoms with Gasteiger partial charge in [0.2, 0.25) is 17.8 Å². The molecule has 0 spiro atoms. The Balaban J connectivity index is 2.08. The first-order valence-electron chi connectivity index (χ1n) is 6.73. The van der Waals surface area contributed by atoms with Crippen LogP contribution in [0.15, 0.2) is 0 Å². The number of aliphatic hydroxyl groups is 1. The molecule has 1 aromatic rings. The topological polar surface area (TPSA) is 100 Å². The Morgan fingerprint density at radius 2 is 1.95 bits per heavy atom. The summed E-state index contributed by atoms with van der Waals surface area (Å²) in [5, 5.41) is 12.4. The molecule has 0 saturated heterocycles. The third-order valence-corrected chi connectivity index (χ3v) is 3.60. The molecule has 106 valence electrons. The molecule has 1 aromatic heterocycles. The molecule has 2 rings (SSSR count). The van der Waals surface area contributed by atoms with Gasteiger partial charge in [-0.15, -0.1) is 0 Å². The van der Waals surface area contributed by atoms with Crippen LogP contribution >= 0.6 is 0 Å². The van der Waals surface area contributed by atoms with Crippen LogP contribution < -0.4 is 16.0 Å². The molecule has 7 nitrogen and oxygen atoms in total. The lowest BCUT2D eigenvalue weighted by Crippen LogP contribution is -2.26. The van der Waals surface area contributed by atoms with Gasteiger partial charge in [-0.3, -0.25) is 0 Å². The highest BCUT2D eigenvalue weighted by Gasteiger charge is 2.41. The Morgan fingerprint density at radius 3 is 2.47 bits per heavy atom. The number of hydrogen-bond donors (Lipinski definition) is 3. The Labute approximate surface area is 113 Å². The van der Waals surface area contributed by atoms with Gasteiger partial charge in [0.1, 0.15) is 0 Å². The number of aromatic nitrogens is 3. The molecule has 0 aromatic carbocycles. The molecule has 4 N–H and O–H groups in total. The molecule has 0 radical (unpaired) electrons. The molecule has 0 unspecified atom stereocenters. The second-order valence-corrected chi connectivity index (χ2v) is 5.00. The van der Waals surface area contributed by atoms with Gasteiger partial charge in [-0.05, 0) is 26.7 Å². The number of rotatable bonds is 7. The van der Waals surface area contributed by atoms with Crippen molar-refractivity contribution in [2.45, 2.75) is 26.7 Å².